The van der Waals surface area contributed by atoms with E-state index in [1.54, 1.807) is 127 Å². The van der Waals surface area contributed by atoms with Crippen LogP contribution in [0, 0.1) is 37.1 Å². The van der Waals surface area contributed by atoms with E-state index in [0.717, 1.165) is 141 Å². The van der Waals surface area contributed by atoms with Crippen LogP contribution in [0.4, 0.5) is 28.4 Å². The van der Waals surface area contributed by atoms with E-state index in [0.29, 0.717) is 104 Å². The Morgan fingerprint density at radius 2 is 0.652 bits per heavy atom. The van der Waals surface area contributed by atoms with Gasteiger partial charge in [0.05, 0.1) is 124 Å². The number of benzene rings is 9. The standard InChI is InChI=1S/C29H27FN4O4.C26H25FN4O2S.C25H24FN5O2S.C24H21FN4O2S/c1-37-24-12-6-20(7-13-24)26-18-34(22-10-8-21(30)9-11-22)27(31-26)17-28(35)32-14-15-33(29(36)19-32)23-4-3-5-25(16-23)38-2;1-17-28-22-11-13-30(14-12-24(22)34-17)26(32)15-25-29-23(18-3-9-21(33-2)10-4-18)16-31(25)20-7-5-19(27)6-8-20;1-33-19-8-2-16(3-9-19)21-15-31(18-6-4-17(26)5-7-18)23(28-21)14-24(32)30-12-10-20-22(11-13-30)34-25(27)29-20;1-15-26-21-12-28(14-22(21)32-15)24(30)11-23-27-20(16-3-9-19(31-2)10-4-16)13-29(23)18-7-5-17(25)6-8-18/h3-13,16,18H,14-15,17,19H2,1-2H3;3-10,16H,11-15H2,1-2H3;2-9,15H,10-14H2,1H3,(H2,27,29);3-10,13H,11-12,14H2,1-2H3. The van der Waals surface area contributed by atoms with Gasteiger partial charge < -0.3 is 72.2 Å². The highest BCUT2D eigenvalue weighted by molar-refractivity contribution is 7.15. The zero-order chi connectivity index (χ0) is 96.2. The quantitative estimate of drug-likeness (QED) is 0.0617. The van der Waals surface area contributed by atoms with Crippen LogP contribution in [0.3, 0.4) is 0 Å². The summed E-state index contributed by atoms with van der Waals surface area (Å²) in [6, 6.07) is 62.1. The molecule has 138 heavy (non-hydrogen) atoms. The number of methoxy groups -OCH3 is 5. The van der Waals surface area contributed by atoms with Crippen molar-refractivity contribution in [1.29, 1.82) is 0 Å². The second kappa shape index (κ2) is 42.7. The number of ether oxygens (including phenoxy) is 5. The third kappa shape index (κ3) is 22.4. The SMILES string of the molecule is COc1ccc(-c2cn(-c3ccc(F)cc3)c(CC(=O)N3CCN(c4cccc(OC)c4)C(=O)C3)n2)cc1.COc1ccc(-c2cn(-c3ccc(F)cc3)c(CC(=O)N3CCc4nc(C)sc4CC3)n2)cc1.COc1ccc(-c2cn(-c3ccc(F)cc3)c(CC(=O)N3CCc4nc(N)sc4CC3)n2)cc1.COc1ccc(-c2cn(-c3ccc(F)cc3)c(CC(=O)N3Cc4nc(C)sc4C3)n2)cc1. The first-order valence-electron chi connectivity index (χ1n) is 44.6. The van der Waals surface area contributed by atoms with Crippen LogP contribution in [0.1, 0.15) is 65.0 Å². The number of fused-ring (bicyclic) bond motifs is 3. The molecule has 4 aliphatic heterocycles. The molecule has 1 fully saturated rings. The zero-order valence-electron chi connectivity index (χ0n) is 76.7. The smallest absolute Gasteiger partial charge is 0.246 e. The van der Waals surface area contributed by atoms with Crippen molar-refractivity contribution >= 4 is 74.4 Å². The molecular weight excluding hydrogens is 1820 g/mol. The molecule has 0 radical (unpaired) electrons. The number of hydrogen-bond acceptors (Lipinski definition) is 21. The van der Waals surface area contributed by atoms with Crippen molar-refractivity contribution in [1.82, 2.24) is 72.8 Å². The number of halogens is 4. The predicted octanol–water partition coefficient (Wildman–Crippen LogP) is 17.2. The van der Waals surface area contributed by atoms with Crippen LogP contribution in [-0.2, 0) is 88.4 Å². The van der Waals surface area contributed by atoms with Crippen LogP contribution in [0.2, 0.25) is 0 Å². The van der Waals surface area contributed by atoms with Gasteiger partial charge in [-0.3, -0.25) is 24.0 Å². The molecule has 5 amide bonds. The first kappa shape index (κ1) is 94.4. The lowest BCUT2D eigenvalue weighted by Crippen LogP contribution is -2.52. The van der Waals surface area contributed by atoms with Gasteiger partial charge in [0.1, 0.15) is 81.9 Å². The van der Waals surface area contributed by atoms with Gasteiger partial charge in [0.2, 0.25) is 29.5 Å². The van der Waals surface area contributed by atoms with Crippen molar-refractivity contribution in [3.8, 4) is 96.5 Å². The number of nitrogens with zero attached hydrogens (tertiary/aromatic N) is 16. The van der Waals surface area contributed by atoms with Crippen LogP contribution < -0.4 is 34.3 Å². The lowest BCUT2D eigenvalue weighted by atomic mass is 10.1. The second-order valence-corrected chi connectivity index (χ2v) is 36.6. The average molecular weight is 1920 g/mol. The minimum absolute atomic E-state index is 0.00151. The number of imidazole rings is 4. The maximum absolute atomic E-state index is 13.6. The van der Waals surface area contributed by atoms with Crippen molar-refractivity contribution in [3.63, 3.8) is 0 Å². The Hall–Kier alpha value is -15.4. The fourth-order valence-electron chi connectivity index (χ4n) is 16.7. The number of aromatic nitrogens is 11. The number of carbonyl (C=O) groups excluding carboxylic acids is 5. The van der Waals surface area contributed by atoms with E-state index in [1.807, 2.05) is 182 Å². The van der Waals surface area contributed by atoms with Gasteiger partial charge in [0.15, 0.2) is 5.13 Å². The van der Waals surface area contributed by atoms with Crippen molar-refractivity contribution < 1.29 is 65.2 Å². The van der Waals surface area contributed by atoms with Crippen molar-refractivity contribution in [2.45, 2.75) is 78.3 Å². The molecule has 0 saturated carbocycles. The molecule has 11 heterocycles. The van der Waals surface area contributed by atoms with E-state index in [1.165, 1.54) is 64.7 Å². The normalized spacial score (nSPS) is 13.3. The molecule has 0 bridgehead atoms. The molecule has 704 valence electrons. The van der Waals surface area contributed by atoms with Gasteiger partial charge in [-0.05, 0) is 220 Å². The number of thiazole rings is 3. The number of piperazine rings is 1. The summed E-state index contributed by atoms with van der Waals surface area (Å²) in [5.41, 5.74) is 19.0. The average Bonchev–Trinajstić information content (AvgIpc) is 1.65. The van der Waals surface area contributed by atoms with E-state index in [4.69, 9.17) is 49.4 Å². The van der Waals surface area contributed by atoms with Crippen LogP contribution in [0.15, 0.2) is 243 Å². The molecule has 4 aliphatic rings. The number of nitrogen functional groups attached to an aromatic ring is 1. The van der Waals surface area contributed by atoms with Crippen LogP contribution in [-0.4, -0.2) is 184 Å². The van der Waals surface area contributed by atoms with E-state index in [2.05, 4.69) is 15.0 Å². The topological polar surface area (TPSA) is 284 Å². The Morgan fingerprint density at radius 1 is 0.326 bits per heavy atom. The molecule has 1 saturated heterocycles. The number of amides is 5. The van der Waals surface area contributed by atoms with Gasteiger partial charge in [-0.25, -0.2) is 52.4 Å². The molecule has 0 unspecified atom stereocenters. The van der Waals surface area contributed by atoms with Gasteiger partial charge in [-0.15, -0.1) is 34.0 Å². The summed E-state index contributed by atoms with van der Waals surface area (Å²) in [6.45, 7) is 8.40. The van der Waals surface area contributed by atoms with E-state index < -0.39 is 0 Å². The molecule has 0 spiro atoms. The van der Waals surface area contributed by atoms with E-state index in [-0.39, 0.29) is 85.0 Å². The number of hydrogen-bond donors (Lipinski definition) is 1. The summed E-state index contributed by atoms with van der Waals surface area (Å²) in [6.07, 6.45) is 10.9. The van der Waals surface area contributed by atoms with Gasteiger partial charge in [0.25, 0.3) is 0 Å². The maximum atomic E-state index is 13.6. The van der Waals surface area contributed by atoms with E-state index in [9.17, 15) is 41.5 Å². The highest BCUT2D eigenvalue weighted by Gasteiger charge is 2.33. The number of nitrogens with two attached hydrogens (primary N) is 1. The van der Waals surface area contributed by atoms with Crippen LogP contribution in [0.25, 0.3) is 67.8 Å². The minimum atomic E-state index is -0.353. The van der Waals surface area contributed by atoms with Crippen molar-refractivity contribution in [2.24, 2.45) is 0 Å². The molecule has 9 aromatic carbocycles. The molecule has 34 heteroatoms. The number of carbonyl (C=O) groups is 5. The summed E-state index contributed by atoms with van der Waals surface area (Å²) in [5, 5.41) is 2.69. The summed E-state index contributed by atoms with van der Waals surface area (Å²) in [7, 11) is 8.04. The summed E-state index contributed by atoms with van der Waals surface area (Å²) < 4.78 is 87.8. The third-order valence-corrected chi connectivity index (χ3v) is 27.1. The molecule has 7 aromatic heterocycles. The molecular formula is C104H97F4N17O10S3. The second-order valence-electron chi connectivity index (χ2n) is 32.9. The van der Waals surface area contributed by atoms with Crippen molar-refractivity contribution in [2.75, 3.05) is 92.0 Å². The summed E-state index contributed by atoms with van der Waals surface area (Å²) in [4.78, 5) is 111. The van der Waals surface area contributed by atoms with Crippen molar-refractivity contribution in [3.05, 3.63) is 331 Å². The maximum Gasteiger partial charge on any atom is 0.246 e. The molecule has 0 atom stereocenters. The molecule has 27 nitrogen and oxygen atoms in total. The number of rotatable bonds is 22. The fourth-order valence-corrected chi connectivity index (χ4v) is 19.5. The van der Waals surface area contributed by atoms with Gasteiger partial charge in [-0.1, -0.05) is 6.07 Å². The highest BCUT2D eigenvalue weighted by Crippen LogP contribution is 2.35. The van der Waals surface area contributed by atoms with Gasteiger partial charge >= 0.3 is 0 Å². The van der Waals surface area contributed by atoms with Crippen LogP contribution >= 0.6 is 34.0 Å². The summed E-state index contributed by atoms with van der Waals surface area (Å²) in [5.74, 6) is 4.33. The first-order chi connectivity index (χ1) is 66.9. The van der Waals surface area contributed by atoms with Gasteiger partial charge in [-0.2, -0.15) is 0 Å². The fraction of sp³-hybridized carbons (Fsp3) is 0.231. The summed E-state index contributed by atoms with van der Waals surface area (Å²) >= 11 is 4.86. The molecule has 20 rings (SSSR count). The first-order valence-corrected chi connectivity index (χ1v) is 47.0. The molecule has 0 aliphatic carbocycles. The highest BCUT2D eigenvalue weighted by atomic mass is 32.1. The monoisotopic (exact) mass is 1920 g/mol. The minimum Gasteiger partial charge on any atom is -0.497 e. The largest absolute Gasteiger partial charge is 0.497 e. The number of anilines is 2. The Morgan fingerprint density at radius 3 is 1.01 bits per heavy atom. The lowest BCUT2D eigenvalue weighted by Gasteiger charge is -2.34. The molecule has 2 N–H and O–H groups in total. The predicted molar refractivity (Wildman–Crippen MR) is 521 cm³/mol. The zero-order valence-corrected chi connectivity index (χ0v) is 79.1. The lowest BCUT2D eigenvalue weighted by molar-refractivity contribution is -0.136. The Balaban J connectivity index is 0.000000128. The Bertz CT molecular complexity index is 6750. The Labute approximate surface area is 805 Å². The number of aryl methyl sites for hydroxylation is 2. The third-order valence-electron chi connectivity index (χ3n) is 24.0. The Kier molecular flexibility index (Phi) is 29.2. The van der Waals surface area contributed by atoms with E-state index >= 15 is 0 Å². The van der Waals surface area contributed by atoms with Crippen LogP contribution in [0.5, 0.6) is 28.7 Å². The molecule has 16 aromatic rings. The van der Waals surface area contributed by atoms with Gasteiger partial charge in [0, 0.05) is 161 Å².